The molecule has 30 heavy (non-hydrogen) atoms. The first kappa shape index (κ1) is 24.6. The molecule has 0 saturated heterocycles. The highest BCUT2D eigenvalue weighted by Gasteiger charge is 2.87. The van der Waals surface area contributed by atoms with Crippen molar-refractivity contribution < 1.29 is 9.84 Å². The Hall–Kier alpha value is -1.65. The summed E-state index contributed by atoms with van der Waals surface area (Å²) in [7, 11) is 3.67. The number of ether oxygens (including phenoxy) is 1. The minimum Gasteiger partial charge on any atom is -0.363 e. The summed E-state index contributed by atoms with van der Waals surface area (Å²) in [6.45, 7) is 17.0. The topological polar surface area (TPSA) is 45.1 Å². The summed E-state index contributed by atoms with van der Waals surface area (Å²) in [5.74, 6) is 0.107. The number of rotatable bonds is 7. The van der Waals surface area contributed by atoms with Crippen LogP contribution in [0.15, 0.2) is 29.3 Å². The minimum atomic E-state index is -1.27. The van der Waals surface area contributed by atoms with Crippen LogP contribution in [0.25, 0.3) is 12.2 Å². The van der Waals surface area contributed by atoms with Gasteiger partial charge in [0, 0.05) is 26.1 Å². The normalized spacial score (nSPS) is 31.6. The van der Waals surface area contributed by atoms with Gasteiger partial charge in [-0.05, 0) is 50.5 Å². The lowest BCUT2D eigenvalue weighted by Crippen LogP contribution is -2.47. The molecule has 1 aromatic rings. The highest BCUT2D eigenvalue weighted by molar-refractivity contribution is 5.86. The van der Waals surface area contributed by atoms with E-state index >= 15 is 0 Å². The second kappa shape index (κ2) is 8.84. The lowest BCUT2D eigenvalue weighted by Gasteiger charge is -2.35. The molecule has 2 rings (SSSR count). The number of amidine groups is 1. The second-order valence-corrected chi connectivity index (χ2v) is 9.52. The van der Waals surface area contributed by atoms with E-state index in [0.717, 1.165) is 12.3 Å². The molecule has 0 aromatic heterocycles. The molecule has 4 nitrogen and oxygen atoms in total. The molecule has 1 saturated carbocycles. The van der Waals surface area contributed by atoms with E-state index in [9.17, 15) is 5.11 Å². The average molecular weight is 415 g/mol. The zero-order chi connectivity index (χ0) is 22.9. The molecular weight excluding hydrogens is 372 g/mol. The van der Waals surface area contributed by atoms with E-state index < -0.39 is 16.7 Å². The van der Waals surface area contributed by atoms with Gasteiger partial charge in [0.2, 0.25) is 0 Å². The van der Waals surface area contributed by atoms with E-state index in [4.69, 9.17) is 9.73 Å². The van der Waals surface area contributed by atoms with Gasteiger partial charge in [-0.2, -0.15) is 0 Å². The third-order valence-corrected chi connectivity index (χ3v) is 7.40. The van der Waals surface area contributed by atoms with E-state index in [2.05, 4.69) is 104 Å². The van der Waals surface area contributed by atoms with Crippen LogP contribution in [0.3, 0.4) is 0 Å². The summed E-state index contributed by atoms with van der Waals surface area (Å²) in [4.78, 5) is 7.08. The van der Waals surface area contributed by atoms with Crippen molar-refractivity contribution in [2.45, 2.75) is 79.2 Å². The molecule has 0 spiro atoms. The monoisotopic (exact) mass is 414 g/mol. The van der Waals surface area contributed by atoms with Crippen LogP contribution in [0.2, 0.25) is 0 Å². The van der Waals surface area contributed by atoms with Crippen LogP contribution in [0, 0.1) is 17.3 Å². The summed E-state index contributed by atoms with van der Waals surface area (Å²) >= 11 is 0. The molecule has 1 fully saturated rings. The van der Waals surface area contributed by atoms with Gasteiger partial charge in [0.1, 0.15) is 11.4 Å². The molecule has 4 atom stereocenters. The smallest absolute Gasteiger partial charge is 0.197 e. The number of nitrogens with zero attached hydrogens (tertiary/aromatic N) is 2. The Morgan fingerprint density at radius 2 is 1.73 bits per heavy atom. The molecule has 1 N–H and O–H groups in total. The van der Waals surface area contributed by atoms with Crippen molar-refractivity contribution >= 4 is 18.0 Å². The molecule has 0 bridgehead atoms. The maximum atomic E-state index is 11.8. The zero-order valence-corrected chi connectivity index (χ0v) is 20.7. The lowest BCUT2D eigenvalue weighted by atomic mass is 9.82. The molecule has 1 aromatic carbocycles. The maximum absolute atomic E-state index is 11.8. The van der Waals surface area contributed by atoms with Crippen molar-refractivity contribution in [2.24, 2.45) is 22.2 Å². The van der Waals surface area contributed by atoms with Gasteiger partial charge >= 0.3 is 0 Å². The molecule has 4 heteroatoms. The van der Waals surface area contributed by atoms with Gasteiger partial charge < -0.3 is 14.7 Å². The Balaban J connectivity index is 2.65. The summed E-state index contributed by atoms with van der Waals surface area (Å²) < 4.78 is 5.84. The molecule has 0 aliphatic heterocycles. The third kappa shape index (κ3) is 3.52. The maximum Gasteiger partial charge on any atom is 0.197 e. The molecule has 1 aliphatic carbocycles. The summed E-state index contributed by atoms with van der Waals surface area (Å²) in [6, 6.07) is 8.60. The number of aliphatic hydroxyl groups is 1. The standard InChI is InChI=1S/C26H42N2O2/c1-11-20-15-13-14-16-21(20)17-22(12-2)24(7)25(8,26(24,29)30-10)28(9)23(18(3)4)27-19(5)6/h11,13-19,22,29H,12H2,1-10H3/b20-11-,21-17-,27-23?/t22-,24?,25?,26?/m0/s1. The molecular formula is C26H42N2O2. The average Bonchev–Trinajstić information content (AvgIpc) is 3.12. The van der Waals surface area contributed by atoms with E-state index in [1.165, 1.54) is 10.4 Å². The fraction of sp³-hybridized carbons (Fsp3) is 0.654. The van der Waals surface area contributed by atoms with Crippen molar-refractivity contribution in [3.63, 3.8) is 0 Å². The largest absolute Gasteiger partial charge is 0.363 e. The molecule has 3 unspecified atom stereocenters. The van der Waals surface area contributed by atoms with E-state index in [1.807, 2.05) is 0 Å². The third-order valence-electron chi connectivity index (χ3n) is 7.40. The summed E-state index contributed by atoms with van der Waals surface area (Å²) in [5.41, 5.74) is -1.10. The van der Waals surface area contributed by atoms with Crippen LogP contribution < -0.4 is 10.4 Å². The first-order chi connectivity index (χ1) is 14.0. The Labute approximate surface area is 183 Å². The number of likely N-dealkylation sites (N-methyl/N-ethyl adjacent to an activating group) is 1. The fourth-order valence-electron chi connectivity index (χ4n) is 5.40. The zero-order valence-electron chi connectivity index (χ0n) is 20.7. The Kier molecular flexibility index (Phi) is 7.25. The number of hydrogen-bond donors (Lipinski definition) is 1. The van der Waals surface area contributed by atoms with E-state index in [-0.39, 0.29) is 17.9 Å². The Morgan fingerprint density at radius 1 is 1.17 bits per heavy atom. The first-order valence-corrected chi connectivity index (χ1v) is 11.3. The van der Waals surface area contributed by atoms with Gasteiger partial charge in [0.25, 0.3) is 0 Å². The van der Waals surface area contributed by atoms with E-state index in [1.54, 1.807) is 7.11 Å². The minimum absolute atomic E-state index is 0.128. The van der Waals surface area contributed by atoms with Crippen LogP contribution in [0.4, 0.5) is 0 Å². The van der Waals surface area contributed by atoms with Crippen LogP contribution in [-0.2, 0) is 4.74 Å². The van der Waals surface area contributed by atoms with Gasteiger partial charge in [-0.15, -0.1) is 0 Å². The molecule has 0 radical (unpaired) electrons. The lowest BCUT2D eigenvalue weighted by molar-refractivity contribution is -0.149. The SMILES string of the molecule is C/C=c1/cccc/c1=C/[C@H](CC)C1(C)C(O)(OC)C1(C)N(C)C(=NC(C)C)C(C)C. The van der Waals surface area contributed by atoms with Crippen molar-refractivity contribution in [2.75, 3.05) is 14.2 Å². The van der Waals surface area contributed by atoms with Crippen LogP contribution in [0.5, 0.6) is 0 Å². The number of hydrogen-bond acceptors (Lipinski definition) is 3. The summed E-state index contributed by atoms with van der Waals surface area (Å²) in [5, 5.41) is 14.2. The Bertz CT molecular complexity index is 891. The first-order valence-electron chi connectivity index (χ1n) is 11.3. The molecule has 0 heterocycles. The van der Waals surface area contributed by atoms with Crippen molar-refractivity contribution in [1.82, 2.24) is 4.90 Å². The number of benzene rings is 1. The van der Waals surface area contributed by atoms with Gasteiger partial charge in [0.05, 0.1) is 5.41 Å². The van der Waals surface area contributed by atoms with E-state index in [0.29, 0.717) is 0 Å². The van der Waals surface area contributed by atoms with Crippen molar-refractivity contribution in [3.05, 3.63) is 34.7 Å². The predicted octanol–water partition coefficient (Wildman–Crippen LogP) is 3.80. The van der Waals surface area contributed by atoms with Crippen molar-refractivity contribution in [1.29, 1.82) is 0 Å². The molecule has 0 amide bonds. The molecule has 168 valence electrons. The van der Waals surface area contributed by atoms with Crippen LogP contribution in [0.1, 0.15) is 61.8 Å². The quantitative estimate of drug-likeness (QED) is 0.419. The summed E-state index contributed by atoms with van der Waals surface area (Å²) in [6.07, 6.45) is 5.35. The van der Waals surface area contributed by atoms with Crippen LogP contribution >= 0.6 is 0 Å². The fourth-order valence-corrected chi connectivity index (χ4v) is 5.40. The predicted molar refractivity (Wildman–Crippen MR) is 128 cm³/mol. The van der Waals surface area contributed by atoms with Crippen molar-refractivity contribution in [3.8, 4) is 0 Å². The Morgan fingerprint density at radius 3 is 2.17 bits per heavy atom. The van der Waals surface area contributed by atoms with Gasteiger partial charge in [0.15, 0.2) is 5.79 Å². The second-order valence-electron chi connectivity index (χ2n) is 9.52. The van der Waals surface area contributed by atoms with Crippen LogP contribution in [-0.4, -0.2) is 47.4 Å². The number of methoxy groups -OCH3 is 1. The van der Waals surface area contributed by atoms with Gasteiger partial charge in [-0.3, -0.25) is 4.99 Å². The molecule has 1 aliphatic rings. The highest BCUT2D eigenvalue weighted by atomic mass is 16.6. The number of aliphatic imine (C=N–C) groups is 1. The van der Waals surface area contributed by atoms with Gasteiger partial charge in [-0.25, -0.2) is 0 Å². The van der Waals surface area contributed by atoms with Gasteiger partial charge in [-0.1, -0.05) is 64.1 Å². The highest BCUT2D eigenvalue weighted by Crippen LogP contribution is 2.72.